The Morgan fingerprint density at radius 2 is 1.67 bits per heavy atom. The van der Waals surface area contributed by atoms with Gasteiger partial charge < -0.3 is 9.67 Å². The summed E-state index contributed by atoms with van der Waals surface area (Å²) in [6.45, 7) is 3.21. The third-order valence-electron chi connectivity index (χ3n) is 4.94. The number of carbonyl (C=O) groups excluding carboxylic acids is 4. The van der Waals surface area contributed by atoms with E-state index in [1.165, 1.54) is 6.92 Å². The molecule has 7 heteroatoms. The SMILES string of the molecule is CC(=O)CC1C(=O)CCCC1=O.Cc1cc2c(n1CC(=O)O)CCCC2=O. The molecular weight excluding hydrogens is 350 g/mol. The number of aromatic nitrogens is 1. The van der Waals surface area contributed by atoms with Crippen molar-refractivity contribution < 1.29 is 29.1 Å². The zero-order valence-corrected chi connectivity index (χ0v) is 15.7. The number of ketones is 4. The molecule has 1 aromatic rings. The molecule has 0 amide bonds. The van der Waals surface area contributed by atoms with Crippen molar-refractivity contribution in [1.29, 1.82) is 0 Å². The van der Waals surface area contributed by atoms with Crippen molar-refractivity contribution in [3.05, 3.63) is 23.0 Å². The Balaban J connectivity index is 0.000000199. The van der Waals surface area contributed by atoms with Crippen LogP contribution in [0.1, 0.15) is 67.2 Å². The number of carboxylic acid groups (broad SMARTS) is 1. The van der Waals surface area contributed by atoms with E-state index in [-0.39, 0.29) is 36.1 Å². The Kier molecular flexibility index (Phi) is 6.82. The van der Waals surface area contributed by atoms with E-state index in [9.17, 15) is 24.0 Å². The smallest absolute Gasteiger partial charge is 0.323 e. The number of aliphatic carboxylic acids is 1. The van der Waals surface area contributed by atoms with Crippen LogP contribution in [0.15, 0.2) is 6.07 Å². The minimum atomic E-state index is -0.866. The van der Waals surface area contributed by atoms with E-state index in [0.717, 1.165) is 29.8 Å². The molecule has 2 aliphatic rings. The van der Waals surface area contributed by atoms with Gasteiger partial charge in [0.25, 0.3) is 0 Å². The van der Waals surface area contributed by atoms with Crippen LogP contribution in [0.4, 0.5) is 0 Å². The van der Waals surface area contributed by atoms with Crippen LogP contribution in [0.3, 0.4) is 0 Å². The van der Waals surface area contributed by atoms with Crippen LogP contribution in [-0.4, -0.2) is 38.8 Å². The van der Waals surface area contributed by atoms with Crippen LogP contribution in [-0.2, 0) is 32.1 Å². The van der Waals surface area contributed by atoms with Crippen molar-refractivity contribution in [3.8, 4) is 0 Å². The molecule has 0 radical (unpaired) electrons. The largest absolute Gasteiger partial charge is 0.480 e. The van der Waals surface area contributed by atoms with Crippen molar-refractivity contribution in [2.75, 3.05) is 0 Å². The molecule has 2 aliphatic carbocycles. The lowest BCUT2D eigenvalue weighted by atomic mass is 9.84. The first-order chi connectivity index (χ1) is 12.7. The molecule has 0 bridgehead atoms. The highest BCUT2D eigenvalue weighted by Crippen LogP contribution is 2.24. The summed E-state index contributed by atoms with van der Waals surface area (Å²) in [5, 5.41) is 8.77. The molecule has 0 aliphatic heterocycles. The molecule has 7 nitrogen and oxygen atoms in total. The molecule has 0 unspecified atom stereocenters. The molecule has 1 saturated carbocycles. The monoisotopic (exact) mass is 375 g/mol. The van der Waals surface area contributed by atoms with Gasteiger partial charge in [0.2, 0.25) is 0 Å². The van der Waals surface area contributed by atoms with Crippen molar-refractivity contribution >= 4 is 29.1 Å². The van der Waals surface area contributed by atoms with E-state index < -0.39 is 11.9 Å². The Labute approximate surface area is 157 Å². The van der Waals surface area contributed by atoms with Gasteiger partial charge in [-0.2, -0.15) is 0 Å². The Morgan fingerprint density at radius 3 is 2.22 bits per heavy atom. The first kappa shape index (κ1) is 20.7. The van der Waals surface area contributed by atoms with Crippen molar-refractivity contribution in [2.45, 2.75) is 65.3 Å². The average Bonchev–Trinajstić information content (AvgIpc) is 2.89. The third-order valence-corrected chi connectivity index (χ3v) is 4.94. The number of Topliss-reactive ketones (excluding diaryl/α,β-unsaturated/α-hetero) is 4. The van der Waals surface area contributed by atoms with E-state index in [1.54, 1.807) is 10.6 Å². The predicted molar refractivity (Wildman–Crippen MR) is 96.7 cm³/mol. The van der Waals surface area contributed by atoms with Gasteiger partial charge in [-0.25, -0.2) is 0 Å². The van der Waals surface area contributed by atoms with Gasteiger partial charge in [0, 0.05) is 42.6 Å². The molecule has 146 valence electrons. The number of hydrogen-bond acceptors (Lipinski definition) is 5. The van der Waals surface area contributed by atoms with E-state index >= 15 is 0 Å². The van der Waals surface area contributed by atoms with Gasteiger partial charge in [0.05, 0.1) is 5.92 Å². The summed E-state index contributed by atoms with van der Waals surface area (Å²) in [7, 11) is 0. The number of carbonyl (C=O) groups is 5. The molecule has 27 heavy (non-hydrogen) atoms. The standard InChI is InChI=1S/C11H13NO3.C9H12O3/c1-7-5-8-9(3-2-4-10(8)13)12(7)6-11(14)15;1-6(10)5-7-8(11)3-2-4-9(7)12/h5H,2-4,6H2,1H3,(H,14,15);7H,2-5H2,1H3. The summed E-state index contributed by atoms with van der Waals surface area (Å²) in [6.07, 6.45) is 3.91. The lowest BCUT2D eigenvalue weighted by Crippen LogP contribution is -2.30. The van der Waals surface area contributed by atoms with Crippen LogP contribution >= 0.6 is 0 Å². The average molecular weight is 375 g/mol. The van der Waals surface area contributed by atoms with Crippen LogP contribution in [0.2, 0.25) is 0 Å². The Hall–Kier alpha value is -2.57. The predicted octanol–water partition coefficient (Wildman–Crippen LogP) is 2.30. The Bertz CT molecular complexity index is 773. The van der Waals surface area contributed by atoms with E-state index in [1.807, 2.05) is 6.92 Å². The van der Waals surface area contributed by atoms with E-state index in [4.69, 9.17) is 5.11 Å². The fourth-order valence-electron chi connectivity index (χ4n) is 3.63. The first-order valence-electron chi connectivity index (χ1n) is 9.19. The van der Waals surface area contributed by atoms with Gasteiger partial charge in [-0.1, -0.05) is 0 Å². The lowest BCUT2D eigenvalue weighted by molar-refractivity contribution is -0.139. The van der Waals surface area contributed by atoms with Gasteiger partial charge >= 0.3 is 5.97 Å². The highest BCUT2D eigenvalue weighted by molar-refractivity contribution is 6.06. The van der Waals surface area contributed by atoms with Crippen molar-refractivity contribution in [1.82, 2.24) is 4.57 Å². The maximum Gasteiger partial charge on any atom is 0.323 e. The number of carboxylic acids is 1. The molecule has 3 rings (SSSR count). The van der Waals surface area contributed by atoms with Crippen LogP contribution in [0, 0.1) is 12.8 Å². The van der Waals surface area contributed by atoms with Crippen LogP contribution < -0.4 is 0 Å². The quantitative estimate of drug-likeness (QED) is 0.809. The summed E-state index contributed by atoms with van der Waals surface area (Å²) >= 11 is 0. The third kappa shape index (κ3) is 5.21. The second-order valence-electron chi connectivity index (χ2n) is 7.15. The van der Waals surface area contributed by atoms with Crippen molar-refractivity contribution in [2.24, 2.45) is 5.92 Å². The van der Waals surface area contributed by atoms with E-state index in [2.05, 4.69) is 0 Å². The van der Waals surface area contributed by atoms with Crippen molar-refractivity contribution in [3.63, 3.8) is 0 Å². The second-order valence-corrected chi connectivity index (χ2v) is 7.15. The zero-order valence-electron chi connectivity index (χ0n) is 15.7. The zero-order chi connectivity index (χ0) is 20.1. The summed E-state index contributed by atoms with van der Waals surface area (Å²) in [4.78, 5) is 55.3. The molecule has 0 aromatic carbocycles. The maximum absolute atomic E-state index is 11.6. The normalized spacial score (nSPS) is 17.2. The highest BCUT2D eigenvalue weighted by Gasteiger charge is 2.30. The minimum Gasteiger partial charge on any atom is -0.480 e. The van der Waals surface area contributed by atoms with E-state index in [0.29, 0.717) is 25.7 Å². The minimum absolute atomic E-state index is 0.0472. The number of rotatable bonds is 4. The maximum atomic E-state index is 11.6. The van der Waals surface area contributed by atoms with Crippen LogP contribution in [0.5, 0.6) is 0 Å². The second kappa shape index (κ2) is 8.88. The molecular formula is C20H25NO6. The van der Waals surface area contributed by atoms with Gasteiger partial charge in [-0.05, 0) is 39.2 Å². The molecule has 1 fully saturated rings. The van der Waals surface area contributed by atoms with Gasteiger partial charge in [0.15, 0.2) is 5.78 Å². The molecule has 0 saturated heterocycles. The lowest BCUT2D eigenvalue weighted by Gasteiger charge is -2.17. The van der Waals surface area contributed by atoms with Crippen LogP contribution in [0.25, 0.3) is 0 Å². The first-order valence-corrected chi connectivity index (χ1v) is 9.19. The fraction of sp³-hybridized carbons (Fsp3) is 0.550. The molecule has 0 atom stereocenters. The van der Waals surface area contributed by atoms with Gasteiger partial charge in [-0.15, -0.1) is 0 Å². The van der Waals surface area contributed by atoms with Gasteiger partial charge in [-0.3, -0.25) is 24.0 Å². The van der Waals surface area contributed by atoms with Gasteiger partial charge in [0.1, 0.15) is 23.9 Å². The Morgan fingerprint density at radius 1 is 1.07 bits per heavy atom. The molecule has 1 aromatic heterocycles. The highest BCUT2D eigenvalue weighted by atomic mass is 16.4. The number of hydrogen-bond donors (Lipinski definition) is 1. The molecule has 0 spiro atoms. The fourth-order valence-corrected chi connectivity index (χ4v) is 3.63. The number of nitrogens with zero attached hydrogens (tertiary/aromatic N) is 1. The molecule has 1 heterocycles. The molecule has 1 N–H and O–H groups in total. The number of fused-ring (bicyclic) bond motifs is 1. The summed E-state index contributed by atoms with van der Waals surface area (Å²) in [6, 6.07) is 1.81. The summed E-state index contributed by atoms with van der Waals surface area (Å²) in [5.41, 5.74) is 2.48. The summed E-state index contributed by atoms with van der Waals surface area (Å²) in [5.74, 6) is -1.53. The topological polar surface area (TPSA) is 111 Å². The summed E-state index contributed by atoms with van der Waals surface area (Å²) < 4.78 is 1.73. The number of aryl methyl sites for hydroxylation is 1.